The van der Waals surface area contributed by atoms with E-state index in [2.05, 4.69) is 45.0 Å². The van der Waals surface area contributed by atoms with Gasteiger partial charge in [0.2, 0.25) is 0 Å². The van der Waals surface area contributed by atoms with E-state index in [4.69, 9.17) is 0 Å². The predicted molar refractivity (Wildman–Crippen MR) is 87.0 cm³/mol. The number of anilines is 2. The van der Waals surface area contributed by atoms with Crippen LogP contribution in [-0.4, -0.2) is 26.8 Å². The molecule has 0 bridgehead atoms. The Balaban J connectivity index is 1.93. The third kappa shape index (κ3) is 1.91. The maximum absolute atomic E-state index is 11.6. The van der Waals surface area contributed by atoms with E-state index >= 15 is 0 Å². The molecule has 0 unspecified atom stereocenters. The molecule has 1 aromatic carbocycles. The monoisotopic (exact) mass is 310 g/mol. The van der Waals surface area contributed by atoms with Crippen LogP contribution in [0.5, 0.6) is 0 Å². The van der Waals surface area contributed by atoms with Crippen molar-refractivity contribution < 1.29 is 4.79 Å². The Morgan fingerprint density at radius 1 is 1.32 bits per heavy atom. The Hall–Kier alpha value is -2.34. The van der Waals surface area contributed by atoms with Gasteiger partial charge in [0.1, 0.15) is 16.7 Å². The first kappa shape index (κ1) is 13.3. The molecule has 1 aliphatic rings. The molecule has 0 fully saturated rings. The van der Waals surface area contributed by atoms with Gasteiger partial charge >= 0.3 is 0 Å². The summed E-state index contributed by atoms with van der Waals surface area (Å²) in [5.74, 6) is 0.745. The van der Waals surface area contributed by atoms with Gasteiger partial charge in [-0.15, -0.1) is 0 Å². The highest BCUT2D eigenvalue weighted by Gasteiger charge is 2.30. The van der Waals surface area contributed by atoms with E-state index in [0.717, 1.165) is 22.8 Å². The molecule has 110 valence electrons. The summed E-state index contributed by atoms with van der Waals surface area (Å²) in [7, 11) is 0. The molecule has 3 aromatic rings. The number of thiazole rings is 1. The van der Waals surface area contributed by atoms with Crippen molar-refractivity contribution >= 4 is 39.0 Å². The minimum Gasteiger partial charge on any atom is -0.321 e. The van der Waals surface area contributed by atoms with E-state index in [1.807, 2.05) is 6.07 Å². The summed E-state index contributed by atoms with van der Waals surface area (Å²) in [4.78, 5) is 27.7. The lowest BCUT2D eigenvalue weighted by Gasteiger charge is -2.23. The van der Waals surface area contributed by atoms with Crippen molar-refractivity contribution in [3.63, 3.8) is 0 Å². The molecule has 0 saturated carbocycles. The number of nitrogens with zero attached hydrogens (tertiary/aromatic N) is 4. The van der Waals surface area contributed by atoms with Crippen molar-refractivity contribution in [2.45, 2.75) is 26.3 Å². The van der Waals surface area contributed by atoms with Crippen molar-refractivity contribution in [1.29, 1.82) is 0 Å². The predicted octanol–water partition coefficient (Wildman–Crippen LogP) is 3.37. The van der Waals surface area contributed by atoms with Crippen LogP contribution >= 0.6 is 11.3 Å². The second-order valence-corrected chi connectivity index (χ2v) is 6.46. The van der Waals surface area contributed by atoms with Gasteiger partial charge in [-0.3, -0.25) is 4.79 Å². The summed E-state index contributed by atoms with van der Waals surface area (Å²) in [6.45, 7) is 3.70. The first-order chi connectivity index (χ1) is 10.6. The third-order valence-electron chi connectivity index (χ3n) is 3.91. The largest absolute Gasteiger partial charge is 0.321 e. The van der Waals surface area contributed by atoms with Gasteiger partial charge in [0.15, 0.2) is 16.6 Å². The Kier molecular flexibility index (Phi) is 2.94. The lowest BCUT2D eigenvalue weighted by atomic mass is 10.1. The number of Topliss-reactive ketones (excluding diaryl/α,β-unsaturated/α-hetero) is 1. The molecule has 0 aliphatic carbocycles. The summed E-state index contributed by atoms with van der Waals surface area (Å²) in [6.07, 6.45) is 2.53. The van der Waals surface area contributed by atoms with Gasteiger partial charge in [0, 0.05) is 18.7 Å². The number of benzene rings is 1. The molecule has 0 saturated heterocycles. The molecule has 0 N–H and O–H groups in total. The van der Waals surface area contributed by atoms with Gasteiger partial charge in [-0.05, 0) is 25.0 Å². The highest BCUT2D eigenvalue weighted by Crippen LogP contribution is 2.40. The lowest BCUT2D eigenvalue weighted by Crippen LogP contribution is -2.25. The number of hydrogen-bond acceptors (Lipinski definition) is 6. The highest BCUT2D eigenvalue weighted by molar-refractivity contribution is 7.20. The van der Waals surface area contributed by atoms with E-state index in [1.54, 1.807) is 6.33 Å². The third-order valence-corrected chi connectivity index (χ3v) is 4.98. The molecule has 4 rings (SSSR count). The first-order valence-electron chi connectivity index (χ1n) is 7.15. The zero-order valence-corrected chi connectivity index (χ0v) is 13.1. The number of carbonyl (C=O) groups is 1. The van der Waals surface area contributed by atoms with Gasteiger partial charge in [0.25, 0.3) is 0 Å². The molecule has 2 aromatic heterocycles. The minimum atomic E-state index is -0.0381. The van der Waals surface area contributed by atoms with Crippen molar-refractivity contribution in [2.24, 2.45) is 0 Å². The lowest BCUT2D eigenvalue weighted by molar-refractivity contribution is 0.101. The van der Waals surface area contributed by atoms with Crippen LogP contribution in [0.3, 0.4) is 0 Å². The summed E-state index contributed by atoms with van der Waals surface area (Å²) in [5, 5.41) is 0.483. The van der Waals surface area contributed by atoms with Crippen molar-refractivity contribution in [2.75, 3.05) is 4.90 Å². The Morgan fingerprint density at radius 3 is 2.95 bits per heavy atom. The number of fused-ring (bicyclic) bond motifs is 2. The van der Waals surface area contributed by atoms with E-state index < -0.39 is 0 Å². The maximum Gasteiger partial charge on any atom is 0.188 e. The number of para-hydroxylation sites is 1. The molecule has 5 nitrogen and oxygen atoms in total. The van der Waals surface area contributed by atoms with Crippen LogP contribution in [0.1, 0.15) is 29.2 Å². The normalized spacial score (nSPS) is 17.0. The van der Waals surface area contributed by atoms with Crippen LogP contribution < -0.4 is 4.90 Å². The Morgan fingerprint density at radius 2 is 2.14 bits per heavy atom. The maximum atomic E-state index is 11.6. The van der Waals surface area contributed by atoms with E-state index in [-0.39, 0.29) is 5.78 Å². The molecule has 0 radical (unpaired) electrons. The number of carbonyl (C=O) groups excluding carboxylic acids is 1. The van der Waals surface area contributed by atoms with Crippen LogP contribution in [0.4, 0.5) is 11.5 Å². The molecule has 0 amide bonds. The minimum absolute atomic E-state index is 0.0381. The summed E-state index contributed by atoms with van der Waals surface area (Å²) >= 11 is 1.32. The second-order valence-electron chi connectivity index (χ2n) is 5.48. The van der Waals surface area contributed by atoms with Crippen LogP contribution in [-0.2, 0) is 6.42 Å². The zero-order chi connectivity index (χ0) is 15.3. The summed E-state index contributed by atoms with van der Waals surface area (Å²) in [6, 6.07) is 8.64. The molecular formula is C16H14N4OS. The molecule has 1 atom stereocenters. The van der Waals surface area contributed by atoms with E-state index in [1.165, 1.54) is 23.8 Å². The van der Waals surface area contributed by atoms with Crippen molar-refractivity contribution in [3.05, 3.63) is 41.2 Å². The zero-order valence-electron chi connectivity index (χ0n) is 12.3. The number of ketones is 1. The number of hydrogen-bond donors (Lipinski definition) is 0. The topological polar surface area (TPSA) is 59.0 Å². The molecule has 6 heteroatoms. The molecule has 0 spiro atoms. The summed E-state index contributed by atoms with van der Waals surface area (Å²) < 4.78 is 0. The van der Waals surface area contributed by atoms with Gasteiger partial charge in [-0.2, -0.15) is 0 Å². The van der Waals surface area contributed by atoms with E-state index in [0.29, 0.717) is 16.6 Å². The van der Waals surface area contributed by atoms with Crippen LogP contribution in [0.25, 0.3) is 10.3 Å². The smallest absolute Gasteiger partial charge is 0.188 e. The number of rotatable bonds is 2. The fourth-order valence-electron chi connectivity index (χ4n) is 2.96. The van der Waals surface area contributed by atoms with Gasteiger partial charge in [0.05, 0.1) is 0 Å². The highest BCUT2D eigenvalue weighted by atomic mass is 32.1. The van der Waals surface area contributed by atoms with Crippen molar-refractivity contribution in [1.82, 2.24) is 15.0 Å². The standard InChI is InChI=1S/C16H14N4OS/c1-9-7-11-5-3-4-6-12(11)20(9)14-13-16(18-8-17-14)22-15(19-13)10(2)21/h3-6,8-9H,7H2,1-2H3/t9-/m0/s1. The molecule has 3 heterocycles. The van der Waals surface area contributed by atoms with Crippen molar-refractivity contribution in [3.8, 4) is 0 Å². The van der Waals surface area contributed by atoms with Crippen LogP contribution in [0.2, 0.25) is 0 Å². The van der Waals surface area contributed by atoms with Gasteiger partial charge in [-0.25, -0.2) is 15.0 Å². The van der Waals surface area contributed by atoms with Gasteiger partial charge < -0.3 is 4.90 Å². The SMILES string of the molecule is CC(=O)c1nc2c(N3c4ccccc4C[C@@H]3C)ncnc2s1. The average Bonchev–Trinajstić information content (AvgIpc) is 3.07. The molecular weight excluding hydrogens is 296 g/mol. The Bertz CT molecular complexity index is 889. The fraction of sp³-hybridized carbons (Fsp3) is 0.250. The van der Waals surface area contributed by atoms with E-state index in [9.17, 15) is 4.79 Å². The molecule has 1 aliphatic heterocycles. The first-order valence-corrected chi connectivity index (χ1v) is 7.96. The fourth-order valence-corrected chi connectivity index (χ4v) is 3.75. The molecule has 22 heavy (non-hydrogen) atoms. The van der Waals surface area contributed by atoms with Crippen LogP contribution in [0.15, 0.2) is 30.6 Å². The average molecular weight is 310 g/mol. The second kappa shape index (κ2) is 4.84. The van der Waals surface area contributed by atoms with Crippen LogP contribution in [0, 0.1) is 0 Å². The summed E-state index contributed by atoms with van der Waals surface area (Å²) in [5.41, 5.74) is 3.18. The Labute approximate surface area is 131 Å². The quantitative estimate of drug-likeness (QED) is 0.679. The van der Waals surface area contributed by atoms with Gasteiger partial charge in [-0.1, -0.05) is 29.5 Å². The number of aromatic nitrogens is 3.